The van der Waals surface area contributed by atoms with E-state index in [0.29, 0.717) is 12.0 Å². The van der Waals surface area contributed by atoms with Gasteiger partial charge in [-0.25, -0.2) is 4.98 Å². The molecule has 1 N–H and O–H groups in total. The molecule has 3 heteroatoms. The Bertz CT molecular complexity index is 543. The fourth-order valence-electron chi connectivity index (χ4n) is 2.37. The summed E-state index contributed by atoms with van der Waals surface area (Å²) in [5.41, 5.74) is 2.77. The Morgan fingerprint density at radius 1 is 1.14 bits per heavy atom. The SMILES string of the molecule is CCc1cnc(CNC(C)c2ccc(CC(C)C)cc2)s1. The molecule has 1 heterocycles. The van der Waals surface area contributed by atoms with Crippen molar-refractivity contribution in [2.24, 2.45) is 5.92 Å². The van der Waals surface area contributed by atoms with Crippen molar-refractivity contribution in [1.82, 2.24) is 10.3 Å². The lowest BCUT2D eigenvalue weighted by Gasteiger charge is -2.14. The van der Waals surface area contributed by atoms with E-state index in [4.69, 9.17) is 0 Å². The van der Waals surface area contributed by atoms with E-state index in [1.54, 1.807) is 11.3 Å². The van der Waals surface area contributed by atoms with Crippen LogP contribution in [0.4, 0.5) is 0 Å². The number of rotatable bonds is 7. The van der Waals surface area contributed by atoms with Crippen molar-refractivity contribution in [3.05, 3.63) is 51.5 Å². The summed E-state index contributed by atoms with van der Waals surface area (Å²) in [6, 6.07) is 9.36. The van der Waals surface area contributed by atoms with E-state index in [-0.39, 0.29) is 0 Å². The molecule has 0 aliphatic carbocycles. The van der Waals surface area contributed by atoms with Gasteiger partial charge in [0, 0.05) is 23.7 Å². The first-order valence-corrected chi connectivity index (χ1v) is 8.66. The monoisotopic (exact) mass is 302 g/mol. The fourth-order valence-corrected chi connectivity index (χ4v) is 3.18. The first-order chi connectivity index (χ1) is 10.1. The van der Waals surface area contributed by atoms with E-state index in [0.717, 1.165) is 19.4 Å². The molecule has 0 bridgehead atoms. The van der Waals surface area contributed by atoms with E-state index >= 15 is 0 Å². The van der Waals surface area contributed by atoms with Crippen molar-refractivity contribution in [2.45, 2.75) is 53.1 Å². The lowest BCUT2D eigenvalue weighted by atomic mass is 10.00. The molecule has 21 heavy (non-hydrogen) atoms. The molecule has 1 aromatic heterocycles. The van der Waals surface area contributed by atoms with Crippen molar-refractivity contribution in [1.29, 1.82) is 0 Å². The number of aromatic nitrogens is 1. The van der Waals surface area contributed by atoms with Gasteiger partial charge in [0.1, 0.15) is 5.01 Å². The molecule has 2 rings (SSSR count). The highest BCUT2D eigenvalue weighted by molar-refractivity contribution is 7.11. The third-order valence-corrected chi connectivity index (χ3v) is 4.77. The summed E-state index contributed by atoms with van der Waals surface area (Å²) in [4.78, 5) is 5.81. The number of thiazole rings is 1. The topological polar surface area (TPSA) is 24.9 Å². The maximum Gasteiger partial charge on any atom is 0.107 e. The van der Waals surface area contributed by atoms with Crippen LogP contribution in [-0.2, 0) is 19.4 Å². The van der Waals surface area contributed by atoms with Crippen molar-refractivity contribution >= 4 is 11.3 Å². The van der Waals surface area contributed by atoms with E-state index < -0.39 is 0 Å². The Morgan fingerprint density at radius 2 is 1.86 bits per heavy atom. The maximum atomic E-state index is 4.46. The Labute approximate surface area is 132 Å². The average Bonchev–Trinajstić information content (AvgIpc) is 2.93. The van der Waals surface area contributed by atoms with Crippen LogP contribution in [0.25, 0.3) is 0 Å². The Hall–Kier alpha value is -1.19. The minimum absolute atomic E-state index is 0.354. The summed E-state index contributed by atoms with van der Waals surface area (Å²) in [7, 11) is 0. The minimum Gasteiger partial charge on any atom is -0.304 e. The molecular formula is C18H26N2S. The number of nitrogens with zero attached hydrogens (tertiary/aromatic N) is 1. The van der Waals surface area contributed by atoms with Crippen molar-refractivity contribution in [3.8, 4) is 0 Å². The minimum atomic E-state index is 0.354. The van der Waals surface area contributed by atoms with Gasteiger partial charge >= 0.3 is 0 Å². The number of nitrogens with one attached hydrogen (secondary N) is 1. The normalized spacial score (nSPS) is 12.8. The van der Waals surface area contributed by atoms with Crippen molar-refractivity contribution in [2.75, 3.05) is 0 Å². The van der Waals surface area contributed by atoms with Crippen LogP contribution in [-0.4, -0.2) is 4.98 Å². The highest BCUT2D eigenvalue weighted by Gasteiger charge is 2.07. The molecule has 0 aliphatic rings. The van der Waals surface area contributed by atoms with Crippen LogP contribution in [0.1, 0.15) is 54.7 Å². The molecular weight excluding hydrogens is 276 g/mol. The molecule has 0 saturated carbocycles. The van der Waals surface area contributed by atoms with E-state index in [1.165, 1.54) is 21.0 Å². The predicted molar refractivity (Wildman–Crippen MR) is 91.7 cm³/mol. The number of benzene rings is 1. The summed E-state index contributed by atoms with van der Waals surface area (Å²) in [6.07, 6.45) is 4.22. The van der Waals surface area contributed by atoms with Gasteiger partial charge in [-0.2, -0.15) is 0 Å². The van der Waals surface area contributed by atoms with Crippen LogP contribution < -0.4 is 5.32 Å². The fraction of sp³-hybridized carbons (Fsp3) is 0.500. The second-order valence-electron chi connectivity index (χ2n) is 6.02. The molecule has 0 amide bonds. The number of hydrogen-bond acceptors (Lipinski definition) is 3. The largest absolute Gasteiger partial charge is 0.304 e. The summed E-state index contributed by atoms with van der Waals surface area (Å²) in [5, 5.41) is 4.74. The maximum absolute atomic E-state index is 4.46. The van der Waals surface area contributed by atoms with Gasteiger partial charge in [0.2, 0.25) is 0 Å². The first kappa shape index (κ1) is 16.2. The average molecular weight is 302 g/mol. The quantitative estimate of drug-likeness (QED) is 0.798. The summed E-state index contributed by atoms with van der Waals surface area (Å²) in [5.74, 6) is 0.712. The zero-order valence-corrected chi connectivity index (χ0v) is 14.3. The molecule has 114 valence electrons. The van der Waals surface area contributed by atoms with E-state index in [2.05, 4.69) is 62.3 Å². The molecule has 0 saturated heterocycles. The van der Waals surface area contributed by atoms with Gasteiger partial charge in [-0.05, 0) is 36.8 Å². The molecule has 0 spiro atoms. The van der Waals surface area contributed by atoms with Crippen LogP contribution in [0.5, 0.6) is 0 Å². The second kappa shape index (κ2) is 7.71. The Kier molecular flexibility index (Phi) is 5.95. The molecule has 2 nitrogen and oxygen atoms in total. The summed E-state index contributed by atoms with van der Waals surface area (Å²) < 4.78 is 0. The third kappa shape index (κ3) is 4.94. The third-order valence-electron chi connectivity index (χ3n) is 3.63. The van der Waals surface area contributed by atoms with Crippen LogP contribution >= 0.6 is 11.3 Å². The van der Waals surface area contributed by atoms with Crippen LogP contribution in [0, 0.1) is 5.92 Å². The molecule has 0 radical (unpaired) electrons. The van der Waals surface area contributed by atoms with Crippen LogP contribution in [0.3, 0.4) is 0 Å². The zero-order chi connectivity index (χ0) is 15.2. The Balaban J connectivity index is 1.89. The van der Waals surface area contributed by atoms with Gasteiger partial charge in [0.25, 0.3) is 0 Å². The van der Waals surface area contributed by atoms with Crippen molar-refractivity contribution < 1.29 is 0 Å². The summed E-state index contributed by atoms with van der Waals surface area (Å²) >= 11 is 1.81. The Morgan fingerprint density at radius 3 is 2.43 bits per heavy atom. The number of aryl methyl sites for hydroxylation is 1. The standard InChI is InChI=1S/C18H26N2S/c1-5-17-11-20-18(21-17)12-19-14(4)16-8-6-15(7-9-16)10-13(2)3/h6-9,11,13-14,19H,5,10,12H2,1-4H3. The first-order valence-electron chi connectivity index (χ1n) is 7.84. The highest BCUT2D eigenvalue weighted by atomic mass is 32.1. The van der Waals surface area contributed by atoms with Gasteiger partial charge in [0.15, 0.2) is 0 Å². The highest BCUT2D eigenvalue weighted by Crippen LogP contribution is 2.18. The lowest BCUT2D eigenvalue weighted by Crippen LogP contribution is -2.17. The van der Waals surface area contributed by atoms with Gasteiger partial charge in [-0.3, -0.25) is 0 Å². The molecule has 2 aromatic rings. The molecule has 0 aliphatic heterocycles. The lowest BCUT2D eigenvalue weighted by molar-refractivity contribution is 0.572. The smallest absolute Gasteiger partial charge is 0.107 e. The van der Waals surface area contributed by atoms with Gasteiger partial charge < -0.3 is 5.32 Å². The number of hydrogen-bond donors (Lipinski definition) is 1. The molecule has 1 atom stereocenters. The molecule has 0 fully saturated rings. The van der Waals surface area contributed by atoms with Crippen LogP contribution in [0.15, 0.2) is 30.5 Å². The van der Waals surface area contributed by atoms with E-state index in [1.807, 2.05) is 6.20 Å². The molecule has 1 unspecified atom stereocenters. The molecule has 1 aromatic carbocycles. The van der Waals surface area contributed by atoms with Crippen molar-refractivity contribution in [3.63, 3.8) is 0 Å². The van der Waals surface area contributed by atoms with Crippen LogP contribution in [0.2, 0.25) is 0 Å². The second-order valence-corrected chi connectivity index (χ2v) is 7.22. The zero-order valence-electron chi connectivity index (χ0n) is 13.5. The summed E-state index contributed by atoms with van der Waals surface area (Å²) in [6.45, 7) is 9.75. The predicted octanol–water partition coefficient (Wildman–Crippen LogP) is 4.75. The van der Waals surface area contributed by atoms with Gasteiger partial charge in [-0.1, -0.05) is 45.0 Å². The van der Waals surface area contributed by atoms with Gasteiger partial charge in [0.05, 0.1) is 0 Å². The van der Waals surface area contributed by atoms with Gasteiger partial charge in [-0.15, -0.1) is 11.3 Å². The van der Waals surface area contributed by atoms with E-state index in [9.17, 15) is 0 Å².